The van der Waals surface area contributed by atoms with Crippen molar-refractivity contribution in [3.8, 4) is 0 Å². The van der Waals surface area contributed by atoms with E-state index in [1.165, 1.54) is 13.8 Å². The van der Waals surface area contributed by atoms with Crippen LogP contribution in [0.2, 0.25) is 0 Å². The maximum atomic E-state index is 9.90. The maximum absolute atomic E-state index is 9.90. The summed E-state index contributed by atoms with van der Waals surface area (Å²) in [6.07, 6.45) is -2.95. The third-order valence-corrected chi connectivity index (χ3v) is 0.803. The topological polar surface area (TPSA) is 134 Å². The van der Waals surface area contributed by atoms with Gasteiger partial charge in [0.05, 0.1) is 0 Å². The second-order valence-electron chi connectivity index (χ2n) is 5.19. The minimum absolute atomic E-state index is 0. The average molecular weight is 536 g/mol. The predicted molar refractivity (Wildman–Crippen MR) is 87.6 cm³/mol. The molecule has 0 aromatic rings. The Kier molecular flexibility index (Phi) is 57.2. The standard InChI is InChI=1S/2C4H9O2.3C3H7O.Ta/c2*1-3-6-4(2)5;3*1-3(2)4;/h2*4H,3H2,1-2H3;3*3H,1-2H3;/q5*-1;+5. The van der Waals surface area contributed by atoms with Crippen LogP contribution >= 0.6 is 0 Å². The summed E-state index contributed by atoms with van der Waals surface area (Å²) in [5, 5.41) is 48.4. The quantitative estimate of drug-likeness (QED) is 0.409. The van der Waals surface area contributed by atoms with Crippen LogP contribution in [0.25, 0.3) is 0 Å². The Morgan fingerprint density at radius 1 is 0.520 bits per heavy atom. The van der Waals surface area contributed by atoms with E-state index in [0.29, 0.717) is 13.2 Å². The first-order chi connectivity index (χ1) is 10.7. The van der Waals surface area contributed by atoms with Gasteiger partial charge in [0.25, 0.3) is 0 Å². The molecule has 0 aromatic heterocycles. The molecule has 0 aromatic carbocycles. The van der Waals surface area contributed by atoms with Gasteiger partial charge in [0.2, 0.25) is 0 Å². The molecular weight excluding hydrogens is 497 g/mol. The Morgan fingerprint density at radius 2 is 0.640 bits per heavy atom. The van der Waals surface area contributed by atoms with E-state index >= 15 is 0 Å². The minimum Gasteiger partial charge on any atom is -0.852 e. The molecule has 0 bridgehead atoms. The fourth-order valence-corrected chi connectivity index (χ4v) is 0.469. The molecule has 2 atom stereocenters. The number of ether oxygens (including phenoxy) is 2. The van der Waals surface area contributed by atoms with Crippen molar-refractivity contribution < 1.29 is 57.4 Å². The van der Waals surface area contributed by atoms with Gasteiger partial charge >= 0.3 is 22.4 Å². The molecule has 0 saturated carbocycles. The van der Waals surface area contributed by atoms with E-state index < -0.39 is 30.9 Å². The van der Waals surface area contributed by atoms with Crippen molar-refractivity contribution in [3.63, 3.8) is 0 Å². The maximum Gasteiger partial charge on any atom is 5.00 e. The smallest absolute Gasteiger partial charge is 0.852 e. The molecule has 0 aliphatic carbocycles. The Hall–Kier alpha value is 0.460. The molecule has 2 unspecified atom stereocenters. The summed E-state index contributed by atoms with van der Waals surface area (Å²) >= 11 is 0. The van der Waals surface area contributed by atoms with Gasteiger partial charge in [0.1, 0.15) is 0 Å². The van der Waals surface area contributed by atoms with Gasteiger partial charge in [0.15, 0.2) is 0 Å². The summed E-state index contributed by atoms with van der Waals surface area (Å²) in [6, 6.07) is 0. The zero-order valence-corrected chi connectivity index (χ0v) is 20.8. The van der Waals surface area contributed by atoms with Crippen molar-refractivity contribution in [1.82, 2.24) is 0 Å². The van der Waals surface area contributed by atoms with Gasteiger partial charge in [-0.3, -0.25) is 0 Å². The largest absolute Gasteiger partial charge is 5.00 e. The van der Waals surface area contributed by atoms with Crippen molar-refractivity contribution in [1.29, 1.82) is 0 Å². The van der Waals surface area contributed by atoms with E-state index in [0.717, 1.165) is 0 Å². The van der Waals surface area contributed by atoms with E-state index in [1.807, 2.05) is 0 Å². The molecule has 0 fully saturated rings. The molecule has 0 amide bonds. The Balaban J connectivity index is -0.0000000454. The molecule has 7 nitrogen and oxygen atoms in total. The van der Waals surface area contributed by atoms with Gasteiger partial charge in [-0.1, -0.05) is 55.4 Å². The van der Waals surface area contributed by atoms with Crippen LogP contribution in [0.5, 0.6) is 0 Å². The third kappa shape index (κ3) is 296. The Labute approximate surface area is 170 Å². The fourth-order valence-electron chi connectivity index (χ4n) is 0.469. The summed E-state index contributed by atoms with van der Waals surface area (Å²) in [6.45, 7) is 17.3. The minimum atomic E-state index is -0.852. The van der Waals surface area contributed by atoms with E-state index in [9.17, 15) is 25.5 Å². The monoisotopic (exact) mass is 536 g/mol. The molecule has 154 valence electrons. The van der Waals surface area contributed by atoms with Crippen LogP contribution in [0.1, 0.15) is 69.2 Å². The molecule has 0 heterocycles. The summed E-state index contributed by atoms with van der Waals surface area (Å²) < 4.78 is 8.97. The number of rotatable bonds is 4. The second kappa shape index (κ2) is 35.5. The second-order valence-corrected chi connectivity index (χ2v) is 5.19. The van der Waals surface area contributed by atoms with Crippen LogP contribution in [0.4, 0.5) is 0 Å². The SMILES string of the molecule is CC(C)[O-].CC(C)[O-].CC(C)[O-].CCOC(C)[O-].CCOC(C)[O-].[Ta+5]. The van der Waals surface area contributed by atoms with Crippen molar-refractivity contribution in [2.75, 3.05) is 13.2 Å². The van der Waals surface area contributed by atoms with Crippen molar-refractivity contribution in [2.24, 2.45) is 0 Å². The van der Waals surface area contributed by atoms with Crippen LogP contribution in [0.3, 0.4) is 0 Å². The molecule has 0 aliphatic rings. The molecule has 0 aliphatic heterocycles. The third-order valence-electron chi connectivity index (χ3n) is 0.803. The molecule has 25 heavy (non-hydrogen) atoms. The first-order valence-electron chi connectivity index (χ1n) is 8.26. The summed E-state index contributed by atoms with van der Waals surface area (Å²) in [7, 11) is 0. The molecule has 0 N–H and O–H groups in total. The first kappa shape index (κ1) is 40.2. The molecule has 0 radical (unpaired) electrons. The van der Waals surface area contributed by atoms with Gasteiger partial charge < -0.3 is 35.0 Å². The number of hydrogen-bond acceptors (Lipinski definition) is 7. The normalized spacial score (nSPS) is 11.3. The van der Waals surface area contributed by atoms with E-state index in [-0.39, 0.29) is 22.4 Å². The van der Waals surface area contributed by atoms with Crippen molar-refractivity contribution >= 4 is 0 Å². The van der Waals surface area contributed by atoms with Gasteiger partial charge in [-0.25, -0.2) is 0 Å². The van der Waals surface area contributed by atoms with Crippen molar-refractivity contribution in [3.05, 3.63) is 0 Å². The molecular formula is C17H39O7Ta. The average Bonchev–Trinajstić information content (AvgIpc) is 2.26. The molecule has 8 heteroatoms. The van der Waals surface area contributed by atoms with Gasteiger partial charge in [-0.2, -0.15) is 0 Å². The van der Waals surface area contributed by atoms with Crippen LogP contribution in [-0.4, -0.2) is 44.1 Å². The zero-order valence-electron chi connectivity index (χ0n) is 17.6. The van der Waals surface area contributed by atoms with Gasteiger partial charge in [0, 0.05) is 13.2 Å². The fraction of sp³-hybridized carbons (Fsp3) is 1.00. The number of hydrogen-bond donors (Lipinski definition) is 0. The summed E-state index contributed by atoms with van der Waals surface area (Å²) in [4.78, 5) is 0. The molecule has 0 saturated heterocycles. The van der Waals surface area contributed by atoms with E-state index in [1.54, 1.807) is 55.4 Å². The van der Waals surface area contributed by atoms with Crippen LogP contribution in [0, 0.1) is 0 Å². The van der Waals surface area contributed by atoms with Gasteiger partial charge in [-0.15, -0.1) is 18.3 Å². The zero-order chi connectivity index (χ0) is 20.7. The van der Waals surface area contributed by atoms with Crippen molar-refractivity contribution in [2.45, 2.75) is 100 Å². The first-order valence-corrected chi connectivity index (χ1v) is 8.26. The van der Waals surface area contributed by atoms with E-state index in [2.05, 4.69) is 9.47 Å². The Morgan fingerprint density at radius 3 is 0.640 bits per heavy atom. The predicted octanol–water partition coefficient (Wildman–Crippen LogP) is -1.28. The van der Waals surface area contributed by atoms with E-state index in [4.69, 9.17) is 0 Å². The molecule has 0 rings (SSSR count). The van der Waals surface area contributed by atoms with Gasteiger partial charge in [-0.05, 0) is 26.4 Å². The van der Waals surface area contributed by atoms with Crippen LogP contribution < -0.4 is 25.5 Å². The summed E-state index contributed by atoms with van der Waals surface area (Å²) in [5.74, 6) is 0. The van der Waals surface area contributed by atoms with Crippen LogP contribution in [-0.2, 0) is 31.9 Å². The molecule has 0 spiro atoms. The summed E-state index contributed by atoms with van der Waals surface area (Å²) in [5.41, 5.74) is 0. The van der Waals surface area contributed by atoms with Crippen LogP contribution in [0.15, 0.2) is 0 Å². The Bertz CT molecular complexity index is 146.